The van der Waals surface area contributed by atoms with Crippen molar-refractivity contribution in [2.75, 3.05) is 36.7 Å². The minimum atomic E-state index is -1.40. The van der Waals surface area contributed by atoms with Gasteiger partial charge in [-0.3, -0.25) is 14.4 Å². The van der Waals surface area contributed by atoms with Gasteiger partial charge in [-0.2, -0.15) is 0 Å². The fourth-order valence-electron chi connectivity index (χ4n) is 4.18. The summed E-state index contributed by atoms with van der Waals surface area (Å²) in [7, 11) is 0. The largest absolute Gasteiger partial charge is 0.480 e. The van der Waals surface area contributed by atoms with E-state index in [2.05, 4.69) is 10.6 Å². The van der Waals surface area contributed by atoms with Crippen molar-refractivity contribution in [3.63, 3.8) is 0 Å². The quantitative estimate of drug-likeness (QED) is 0.537. The second-order valence-electron chi connectivity index (χ2n) is 7.97. The summed E-state index contributed by atoms with van der Waals surface area (Å²) in [6, 6.07) is 1.18. The van der Waals surface area contributed by atoms with Crippen LogP contribution in [0.1, 0.15) is 42.5 Å². The number of anilines is 2. The van der Waals surface area contributed by atoms with Crippen LogP contribution in [0.3, 0.4) is 0 Å². The summed E-state index contributed by atoms with van der Waals surface area (Å²) in [6.45, 7) is -3.18. The Labute approximate surface area is 178 Å². The van der Waals surface area contributed by atoms with Crippen LogP contribution in [0.25, 0.3) is 0 Å². The summed E-state index contributed by atoms with van der Waals surface area (Å²) in [5, 5.41) is 14.0. The van der Waals surface area contributed by atoms with Gasteiger partial charge in [0.15, 0.2) is 5.78 Å². The molecule has 1 saturated carbocycles. The highest BCUT2D eigenvalue weighted by atomic mass is 19.1. The Hall–Kier alpha value is -2.78. The summed E-state index contributed by atoms with van der Waals surface area (Å²) < 4.78 is 41.9. The molecule has 0 bridgehead atoms. The van der Waals surface area contributed by atoms with Gasteiger partial charge in [-0.05, 0) is 25.0 Å². The number of halogens is 3. The Morgan fingerprint density at radius 1 is 1.16 bits per heavy atom. The molecule has 0 saturated heterocycles. The maximum absolute atomic E-state index is 14.8. The van der Waals surface area contributed by atoms with E-state index in [-0.39, 0.29) is 29.5 Å². The Bertz CT molecular complexity index is 841. The number of hydrogen-bond donors (Lipinski definition) is 3. The number of rotatable bonds is 8. The summed E-state index contributed by atoms with van der Waals surface area (Å²) in [5.74, 6) is -4.99. The predicted molar refractivity (Wildman–Crippen MR) is 108 cm³/mol. The number of fused-ring (bicyclic) bond motifs is 1. The van der Waals surface area contributed by atoms with Crippen molar-refractivity contribution in [2.45, 2.75) is 44.2 Å². The summed E-state index contributed by atoms with van der Waals surface area (Å²) in [6.07, 6.45) is 4.92. The molecule has 1 aromatic carbocycles. The third-order valence-electron chi connectivity index (χ3n) is 5.85. The smallest absolute Gasteiger partial charge is 0.322 e. The number of benzene rings is 1. The van der Waals surface area contributed by atoms with Gasteiger partial charge in [-0.25, -0.2) is 13.2 Å². The zero-order chi connectivity index (χ0) is 22.5. The number of nitrogens with one attached hydrogen (secondary N) is 2. The molecule has 0 spiro atoms. The molecule has 1 fully saturated rings. The lowest BCUT2D eigenvalue weighted by atomic mass is 9.88. The number of ketones is 1. The maximum atomic E-state index is 14.8. The summed E-state index contributed by atoms with van der Waals surface area (Å²) in [4.78, 5) is 37.2. The monoisotopic (exact) mass is 441 g/mol. The highest BCUT2D eigenvalue weighted by Gasteiger charge is 2.40. The molecule has 1 amide bonds. The van der Waals surface area contributed by atoms with Gasteiger partial charge in [-0.15, -0.1) is 0 Å². The summed E-state index contributed by atoms with van der Waals surface area (Å²) in [5.41, 5.74) is 0.154. The van der Waals surface area contributed by atoms with Gasteiger partial charge < -0.3 is 20.6 Å². The van der Waals surface area contributed by atoms with Gasteiger partial charge in [0.1, 0.15) is 31.6 Å². The first-order valence-electron chi connectivity index (χ1n) is 10.4. The Balaban J connectivity index is 1.94. The van der Waals surface area contributed by atoms with E-state index in [1.165, 1.54) is 11.0 Å². The van der Waals surface area contributed by atoms with Gasteiger partial charge >= 0.3 is 5.97 Å². The fraction of sp³-hybridized carbons (Fsp3) is 0.571. The molecule has 1 aromatic rings. The number of carboxylic acid groups (broad SMARTS) is 1. The molecule has 3 rings (SSSR count). The molecule has 7 nitrogen and oxygen atoms in total. The number of amides is 1. The number of nitrogens with zero attached hydrogens (tertiary/aromatic N) is 1. The number of carbonyl (C=O) groups excluding carboxylic acids is 2. The van der Waals surface area contributed by atoms with Gasteiger partial charge in [-0.1, -0.05) is 19.3 Å². The second-order valence-corrected chi connectivity index (χ2v) is 7.97. The van der Waals surface area contributed by atoms with Crippen molar-refractivity contribution in [3.8, 4) is 0 Å². The van der Waals surface area contributed by atoms with Crippen molar-refractivity contribution in [1.82, 2.24) is 5.32 Å². The van der Waals surface area contributed by atoms with Crippen LogP contribution in [0.4, 0.5) is 24.5 Å². The normalized spacial score (nSPS) is 19.3. The number of carbonyl (C=O) groups is 3. The Morgan fingerprint density at radius 2 is 1.84 bits per heavy atom. The van der Waals surface area contributed by atoms with E-state index in [9.17, 15) is 27.6 Å². The zero-order valence-corrected chi connectivity index (χ0v) is 17.0. The summed E-state index contributed by atoms with van der Waals surface area (Å²) >= 11 is 0. The number of hydrogen-bond acceptors (Lipinski definition) is 5. The van der Waals surface area contributed by atoms with Crippen molar-refractivity contribution in [1.29, 1.82) is 0 Å². The van der Waals surface area contributed by atoms with Gasteiger partial charge in [0.05, 0.1) is 17.4 Å². The van der Waals surface area contributed by atoms with Crippen LogP contribution in [-0.4, -0.2) is 61.3 Å². The first kappa shape index (κ1) is 22.9. The molecule has 1 unspecified atom stereocenters. The van der Waals surface area contributed by atoms with Crippen LogP contribution in [0.15, 0.2) is 12.1 Å². The van der Waals surface area contributed by atoms with E-state index in [1.807, 2.05) is 0 Å². The van der Waals surface area contributed by atoms with Gasteiger partial charge in [0, 0.05) is 18.2 Å². The van der Waals surface area contributed by atoms with Gasteiger partial charge in [0.2, 0.25) is 5.91 Å². The first-order valence-corrected chi connectivity index (χ1v) is 10.4. The zero-order valence-electron chi connectivity index (χ0n) is 17.0. The van der Waals surface area contributed by atoms with E-state index in [0.29, 0.717) is 0 Å². The lowest BCUT2D eigenvalue weighted by molar-refractivity contribution is -0.138. The van der Waals surface area contributed by atoms with E-state index < -0.39 is 55.3 Å². The number of carboxylic acids is 1. The average molecular weight is 441 g/mol. The molecule has 1 atom stereocenters. The Morgan fingerprint density at radius 3 is 2.45 bits per heavy atom. The second kappa shape index (κ2) is 10.0. The van der Waals surface area contributed by atoms with Crippen LogP contribution in [0, 0.1) is 11.7 Å². The van der Waals surface area contributed by atoms with Crippen LogP contribution in [0.5, 0.6) is 0 Å². The molecule has 31 heavy (non-hydrogen) atoms. The van der Waals surface area contributed by atoms with Crippen LogP contribution in [0.2, 0.25) is 0 Å². The fourth-order valence-corrected chi connectivity index (χ4v) is 4.18. The minimum absolute atomic E-state index is 0.0711. The molecule has 2 aliphatic rings. The average Bonchev–Trinajstić information content (AvgIpc) is 2.76. The third kappa shape index (κ3) is 5.11. The van der Waals surface area contributed by atoms with Crippen LogP contribution < -0.4 is 15.5 Å². The predicted octanol–water partition coefficient (Wildman–Crippen LogP) is 2.70. The van der Waals surface area contributed by atoms with Crippen molar-refractivity contribution >= 4 is 29.0 Å². The minimum Gasteiger partial charge on any atom is -0.480 e. The lowest BCUT2D eigenvalue weighted by Crippen LogP contribution is -2.52. The molecule has 1 aliphatic heterocycles. The van der Waals surface area contributed by atoms with E-state index >= 15 is 0 Å². The molecule has 3 N–H and O–H groups in total. The number of alkyl halides is 2. The molecule has 1 aliphatic carbocycles. The van der Waals surface area contributed by atoms with E-state index in [0.717, 1.165) is 38.2 Å². The standard InChI is InChI=1S/C21H26F3N3O4/c22-8-13(9-23)27-11-15(21(31)25-10-19(28)29)20(30)14-6-16(24)17(7-18(14)27)26-12-4-2-1-3-5-12/h6-7,12-13,15,26H,1-5,8-11H2,(H,25,31)(H,28,29). The van der Waals surface area contributed by atoms with Crippen molar-refractivity contribution < 1.29 is 32.7 Å². The molecule has 1 heterocycles. The molecular weight excluding hydrogens is 415 g/mol. The highest BCUT2D eigenvalue weighted by Crippen LogP contribution is 2.36. The first-order chi connectivity index (χ1) is 14.8. The van der Waals surface area contributed by atoms with Crippen LogP contribution in [-0.2, 0) is 9.59 Å². The Kier molecular flexibility index (Phi) is 7.40. The lowest BCUT2D eigenvalue weighted by Gasteiger charge is -2.38. The van der Waals surface area contributed by atoms with E-state index in [4.69, 9.17) is 5.11 Å². The highest BCUT2D eigenvalue weighted by molar-refractivity contribution is 6.15. The maximum Gasteiger partial charge on any atom is 0.322 e. The molecule has 0 aromatic heterocycles. The van der Waals surface area contributed by atoms with Gasteiger partial charge in [0.25, 0.3) is 0 Å². The van der Waals surface area contributed by atoms with Crippen molar-refractivity contribution in [3.05, 3.63) is 23.5 Å². The third-order valence-corrected chi connectivity index (χ3v) is 5.85. The van der Waals surface area contributed by atoms with Crippen LogP contribution >= 0.6 is 0 Å². The van der Waals surface area contributed by atoms with E-state index in [1.54, 1.807) is 0 Å². The SMILES string of the molecule is O=C(O)CNC(=O)C1CN(C(CF)CF)c2cc(NC3CCCCC3)c(F)cc2C1=O. The molecule has 0 radical (unpaired) electrons. The molecule has 170 valence electrons. The van der Waals surface area contributed by atoms with Crippen molar-refractivity contribution in [2.24, 2.45) is 5.92 Å². The molecule has 10 heteroatoms. The number of aliphatic carboxylic acids is 1. The topological polar surface area (TPSA) is 98.7 Å². The number of Topliss-reactive ketones (excluding diaryl/α,β-unsaturated/α-hetero) is 1. The molecular formula is C21H26F3N3O4.